The minimum Gasteiger partial charge on any atom is -0.358 e. The molecule has 0 spiro atoms. The summed E-state index contributed by atoms with van der Waals surface area (Å²) in [5.41, 5.74) is 3.20. The second-order valence-electron chi connectivity index (χ2n) is 5.04. The van der Waals surface area contributed by atoms with Crippen molar-refractivity contribution in [3.8, 4) is 0 Å². The molecule has 0 saturated carbocycles. The topological polar surface area (TPSA) is 41.1 Å². The summed E-state index contributed by atoms with van der Waals surface area (Å²) in [6, 6.07) is 15.3. The van der Waals surface area contributed by atoms with Crippen molar-refractivity contribution in [2.24, 2.45) is 0 Å². The fraction of sp³-hybridized carbons (Fsp3) is 0.111. The van der Waals surface area contributed by atoms with Crippen LogP contribution in [0.2, 0.25) is 5.02 Å². The first-order chi connectivity index (χ1) is 11.0. The number of hydrogen-bond donors (Lipinski definition) is 2. The van der Waals surface area contributed by atoms with Crippen LogP contribution in [0.1, 0.15) is 16.7 Å². The highest BCUT2D eigenvalue weighted by Crippen LogP contribution is 2.10. The Bertz CT molecular complexity index is 709. The molecule has 2 aromatic carbocycles. The molecule has 2 rings (SSSR count). The summed E-state index contributed by atoms with van der Waals surface area (Å²) in [5.74, 6) is -0.277. The van der Waals surface area contributed by atoms with Crippen molar-refractivity contribution in [3.63, 3.8) is 0 Å². The number of amides is 1. The molecular formula is C18H17ClN2OS. The summed E-state index contributed by atoms with van der Waals surface area (Å²) in [4.78, 5) is 11.8. The van der Waals surface area contributed by atoms with Crippen LogP contribution in [-0.4, -0.2) is 11.0 Å². The number of halogens is 1. The van der Waals surface area contributed by atoms with Crippen molar-refractivity contribution in [2.45, 2.75) is 13.5 Å². The van der Waals surface area contributed by atoms with Gasteiger partial charge in [-0.1, -0.05) is 53.6 Å². The van der Waals surface area contributed by atoms with Crippen molar-refractivity contribution in [3.05, 3.63) is 76.3 Å². The maximum Gasteiger partial charge on any atom is 0.250 e. The Hall–Kier alpha value is -2.17. The van der Waals surface area contributed by atoms with Gasteiger partial charge in [-0.05, 0) is 48.5 Å². The summed E-state index contributed by atoms with van der Waals surface area (Å²) >= 11 is 10.9. The van der Waals surface area contributed by atoms with Gasteiger partial charge >= 0.3 is 0 Å². The predicted octanol–water partition coefficient (Wildman–Crippen LogP) is 3.85. The highest BCUT2D eigenvalue weighted by Gasteiger charge is 2.01. The fourth-order valence-corrected chi connectivity index (χ4v) is 2.13. The summed E-state index contributed by atoms with van der Waals surface area (Å²) in [6.45, 7) is 2.61. The van der Waals surface area contributed by atoms with Crippen LogP contribution in [0.5, 0.6) is 0 Å². The Morgan fingerprint density at radius 1 is 1.13 bits per heavy atom. The van der Waals surface area contributed by atoms with Crippen LogP contribution >= 0.6 is 23.8 Å². The lowest BCUT2D eigenvalue weighted by Crippen LogP contribution is -2.37. The van der Waals surface area contributed by atoms with E-state index in [9.17, 15) is 4.79 Å². The molecule has 0 radical (unpaired) electrons. The number of carbonyl (C=O) groups excluding carboxylic acids is 1. The number of carbonyl (C=O) groups is 1. The summed E-state index contributed by atoms with van der Waals surface area (Å²) in [7, 11) is 0. The Morgan fingerprint density at radius 2 is 1.78 bits per heavy atom. The van der Waals surface area contributed by atoms with Gasteiger partial charge in [0, 0.05) is 17.6 Å². The van der Waals surface area contributed by atoms with Crippen LogP contribution in [0.25, 0.3) is 6.08 Å². The summed E-state index contributed by atoms with van der Waals surface area (Å²) in [6.07, 6.45) is 3.14. The monoisotopic (exact) mass is 344 g/mol. The predicted molar refractivity (Wildman–Crippen MR) is 99.2 cm³/mol. The van der Waals surface area contributed by atoms with E-state index in [0.717, 1.165) is 11.1 Å². The van der Waals surface area contributed by atoms with E-state index in [4.69, 9.17) is 23.8 Å². The van der Waals surface area contributed by atoms with Gasteiger partial charge < -0.3 is 5.32 Å². The van der Waals surface area contributed by atoms with Crippen molar-refractivity contribution in [1.29, 1.82) is 0 Å². The molecule has 0 aliphatic heterocycles. The zero-order valence-electron chi connectivity index (χ0n) is 12.7. The first kappa shape index (κ1) is 17.2. The molecule has 0 saturated heterocycles. The second kappa shape index (κ2) is 8.46. The fourth-order valence-electron chi connectivity index (χ4n) is 1.83. The van der Waals surface area contributed by atoms with E-state index in [-0.39, 0.29) is 5.91 Å². The van der Waals surface area contributed by atoms with E-state index in [1.165, 1.54) is 11.6 Å². The van der Waals surface area contributed by atoms with Crippen LogP contribution in [0.3, 0.4) is 0 Å². The summed E-state index contributed by atoms with van der Waals surface area (Å²) in [5, 5.41) is 6.58. The lowest BCUT2D eigenvalue weighted by Gasteiger charge is -2.08. The Morgan fingerprint density at radius 3 is 2.43 bits per heavy atom. The average Bonchev–Trinajstić information content (AvgIpc) is 2.54. The quantitative estimate of drug-likeness (QED) is 0.653. The molecule has 0 heterocycles. The molecule has 0 unspecified atom stereocenters. The number of rotatable bonds is 4. The first-order valence-corrected chi connectivity index (χ1v) is 7.89. The van der Waals surface area contributed by atoms with E-state index in [1.54, 1.807) is 18.2 Å². The lowest BCUT2D eigenvalue weighted by molar-refractivity contribution is -0.115. The van der Waals surface area contributed by atoms with Gasteiger partial charge in [-0.15, -0.1) is 0 Å². The molecule has 23 heavy (non-hydrogen) atoms. The molecule has 1 amide bonds. The molecule has 0 aliphatic carbocycles. The minimum atomic E-state index is -0.277. The zero-order chi connectivity index (χ0) is 16.7. The second-order valence-corrected chi connectivity index (χ2v) is 5.89. The summed E-state index contributed by atoms with van der Waals surface area (Å²) < 4.78 is 0. The van der Waals surface area contributed by atoms with E-state index < -0.39 is 0 Å². The molecular weight excluding hydrogens is 328 g/mol. The number of hydrogen-bond acceptors (Lipinski definition) is 2. The van der Waals surface area contributed by atoms with Gasteiger partial charge in [0.1, 0.15) is 0 Å². The first-order valence-electron chi connectivity index (χ1n) is 7.11. The van der Waals surface area contributed by atoms with Crippen molar-refractivity contribution in [1.82, 2.24) is 10.6 Å². The Kier molecular flexibility index (Phi) is 6.32. The molecule has 5 heteroatoms. The van der Waals surface area contributed by atoms with E-state index >= 15 is 0 Å². The van der Waals surface area contributed by atoms with E-state index in [0.29, 0.717) is 16.7 Å². The van der Waals surface area contributed by atoms with E-state index in [2.05, 4.69) is 10.6 Å². The lowest BCUT2D eigenvalue weighted by atomic mass is 10.1. The Labute approximate surface area is 146 Å². The number of aryl methyl sites for hydroxylation is 1. The van der Waals surface area contributed by atoms with Crippen LogP contribution in [0, 0.1) is 6.92 Å². The van der Waals surface area contributed by atoms with Crippen molar-refractivity contribution < 1.29 is 4.79 Å². The van der Waals surface area contributed by atoms with Gasteiger partial charge in [-0.2, -0.15) is 0 Å². The molecule has 0 aliphatic rings. The molecule has 3 nitrogen and oxygen atoms in total. The molecule has 2 N–H and O–H groups in total. The van der Waals surface area contributed by atoms with Crippen LogP contribution < -0.4 is 10.6 Å². The third kappa shape index (κ3) is 6.22. The van der Waals surface area contributed by atoms with E-state index in [1.807, 2.05) is 43.3 Å². The SMILES string of the molecule is Cc1ccc(CNC(=S)NC(=O)/C=C/c2ccc(Cl)cc2)cc1. The third-order valence-electron chi connectivity index (χ3n) is 3.11. The molecule has 118 valence electrons. The van der Waals surface area contributed by atoms with Crippen molar-refractivity contribution in [2.75, 3.05) is 0 Å². The zero-order valence-corrected chi connectivity index (χ0v) is 14.2. The van der Waals surface area contributed by atoms with Crippen molar-refractivity contribution >= 4 is 40.9 Å². The van der Waals surface area contributed by atoms with Gasteiger partial charge in [-0.25, -0.2) is 0 Å². The highest BCUT2D eigenvalue weighted by atomic mass is 35.5. The maximum absolute atomic E-state index is 11.8. The molecule has 0 atom stereocenters. The molecule has 0 fully saturated rings. The maximum atomic E-state index is 11.8. The van der Waals surface area contributed by atoms with Gasteiger partial charge in [0.05, 0.1) is 0 Å². The molecule has 0 aromatic heterocycles. The standard InChI is InChI=1S/C18H17ClN2OS/c1-13-2-4-15(5-3-13)12-20-18(23)21-17(22)11-8-14-6-9-16(19)10-7-14/h2-11H,12H2,1H3,(H2,20,21,22,23)/b11-8+. The number of nitrogens with one attached hydrogen (secondary N) is 2. The van der Waals surface area contributed by atoms with Crippen LogP contribution in [0.4, 0.5) is 0 Å². The van der Waals surface area contributed by atoms with Gasteiger partial charge in [-0.3, -0.25) is 10.1 Å². The number of benzene rings is 2. The molecule has 2 aromatic rings. The molecule has 0 bridgehead atoms. The van der Waals surface area contributed by atoms with Gasteiger partial charge in [0.15, 0.2) is 5.11 Å². The van der Waals surface area contributed by atoms with Gasteiger partial charge in [0.25, 0.3) is 0 Å². The minimum absolute atomic E-state index is 0.277. The highest BCUT2D eigenvalue weighted by molar-refractivity contribution is 7.80. The largest absolute Gasteiger partial charge is 0.358 e. The normalized spacial score (nSPS) is 10.5. The van der Waals surface area contributed by atoms with Crippen LogP contribution in [0.15, 0.2) is 54.6 Å². The Balaban J connectivity index is 1.79. The smallest absolute Gasteiger partial charge is 0.250 e. The third-order valence-corrected chi connectivity index (χ3v) is 3.61. The van der Waals surface area contributed by atoms with Crippen LogP contribution in [-0.2, 0) is 11.3 Å². The average molecular weight is 345 g/mol. The number of thiocarbonyl (C=S) groups is 1. The van der Waals surface area contributed by atoms with Gasteiger partial charge in [0.2, 0.25) is 5.91 Å².